The molecule has 0 radical (unpaired) electrons. The Hall–Kier alpha value is -3.84. The summed E-state index contributed by atoms with van der Waals surface area (Å²) in [5.41, 5.74) is 1.68. The Bertz CT molecular complexity index is 1470. The molecule has 13 heteroatoms. The highest BCUT2D eigenvalue weighted by molar-refractivity contribution is 5.99. The van der Waals surface area contributed by atoms with Gasteiger partial charge in [0.2, 0.25) is 5.91 Å². The van der Waals surface area contributed by atoms with Gasteiger partial charge in [0.15, 0.2) is 17.0 Å². The van der Waals surface area contributed by atoms with Gasteiger partial charge in [-0.25, -0.2) is 19.3 Å². The van der Waals surface area contributed by atoms with Crippen molar-refractivity contribution in [3.05, 3.63) is 36.7 Å². The van der Waals surface area contributed by atoms with Crippen LogP contribution in [0.4, 0.5) is 21.6 Å². The number of carbonyl (C=O) groups is 2. The second-order valence-corrected chi connectivity index (χ2v) is 12.8. The van der Waals surface area contributed by atoms with Crippen molar-refractivity contribution in [1.29, 1.82) is 0 Å². The van der Waals surface area contributed by atoms with Gasteiger partial charge in [0.05, 0.1) is 23.1 Å². The van der Waals surface area contributed by atoms with E-state index < -0.39 is 17.3 Å². The fraction of sp³-hybridized carbons (Fsp3) is 0.594. The number of amides is 1. The van der Waals surface area contributed by atoms with Crippen molar-refractivity contribution in [2.45, 2.75) is 84.5 Å². The van der Waals surface area contributed by atoms with Crippen LogP contribution in [-0.2, 0) is 19.1 Å². The SMILES string of the molecule is CC[C@H](Nc1ncnc2c1ncn2C1CCCCO1)C(=O)Nc1ccc(F)cc1N[C@@H]1CCCN(CCOC(=O)C(C)(C)C)C1. The number of halogens is 1. The van der Waals surface area contributed by atoms with Gasteiger partial charge in [-0.2, -0.15) is 0 Å². The first-order valence-corrected chi connectivity index (χ1v) is 15.9. The quantitative estimate of drug-likeness (QED) is 0.251. The number of hydrogen-bond acceptors (Lipinski definition) is 10. The zero-order valence-electron chi connectivity index (χ0n) is 26.6. The second kappa shape index (κ2) is 14.5. The molecule has 0 aliphatic carbocycles. The van der Waals surface area contributed by atoms with Crippen LogP contribution in [0.3, 0.4) is 0 Å². The van der Waals surface area contributed by atoms with Crippen LogP contribution in [0.1, 0.15) is 72.4 Å². The Morgan fingerprint density at radius 3 is 2.73 bits per heavy atom. The molecule has 2 saturated heterocycles. The highest BCUT2D eigenvalue weighted by Gasteiger charge is 2.26. The minimum Gasteiger partial charge on any atom is -0.464 e. The Kier molecular flexibility index (Phi) is 10.5. The van der Waals surface area contributed by atoms with Crippen molar-refractivity contribution in [1.82, 2.24) is 24.4 Å². The molecule has 3 N–H and O–H groups in total. The number of likely N-dealkylation sites (tertiary alicyclic amines) is 1. The molecule has 12 nitrogen and oxygen atoms in total. The third-order valence-electron chi connectivity index (χ3n) is 8.22. The average Bonchev–Trinajstić information content (AvgIpc) is 3.46. The molecule has 2 aromatic heterocycles. The molecule has 5 rings (SSSR count). The highest BCUT2D eigenvalue weighted by Crippen LogP contribution is 2.29. The maximum Gasteiger partial charge on any atom is 0.311 e. The molecule has 0 saturated carbocycles. The maximum atomic E-state index is 14.4. The first-order valence-electron chi connectivity index (χ1n) is 15.9. The topological polar surface area (TPSA) is 136 Å². The van der Waals surface area contributed by atoms with E-state index >= 15 is 0 Å². The number of hydrogen-bond donors (Lipinski definition) is 3. The third-order valence-corrected chi connectivity index (χ3v) is 8.22. The van der Waals surface area contributed by atoms with E-state index in [4.69, 9.17) is 9.47 Å². The molecule has 4 heterocycles. The molecule has 45 heavy (non-hydrogen) atoms. The second-order valence-electron chi connectivity index (χ2n) is 12.8. The van der Waals surface area contributed by atoms with Gasteiger partial charge < -0.3 is 25.4 Å². The molecule has 0 bridgehead atoms. The monoisotopic (exact) mass is 624 g/mol. The zero-order valence-corrected chi connectivity index (χ0v) is 26.6. The Balaban J connectivity index is 1.22. The molecule has 1 unspecified atom stereocenters. The Morgan fingerprint density at radius 2 is 1.98 bits per heavy atom. The van der Waals surface area contributed by atoms with Crippen LogP contribution >= 0.6 is 0 Å². The van der Waals surface area contributed by atoms with E-state index in [1.807, 2.05) is 32.3 Å². The predicted octanol–water partition coefficient (Wildman–Crippen LogP) is 4.96. The van der Waals surface area contributed by atoms with Crippen molar-refractivity contribution in [3.63, 3.8) is 0 Å². The highest BCUT2D eigenvalue weighted by atomic mass is 19.1. The van der Waals surface area contributed by atoms with E-state index in [1.165, 1.54) is 18.5 Å². The molecule has 1 amide bonds. The van der Waals surface area contributed by atoms with Gasteiger partial charge in [0.25, 0.3) is 0 Å². The van der Waals surface area contributed by atoms with Crippen LogP contribution in [0.25, 0.3) is 11.2 Å². The molecule has 244 valence electrons. The van der Waals surface area contributed by atoms with Gasteiger partial charge in [0, 0.05) is 25.7 Å². The lowest BCUT2D eigenvalue weighted by Gasteiger charge is -2.34. The smallest absolute Gasteiger partial charge is 0.311 e. The lowest BCUT2D eigenvalue weighted by Crippen LogP contribution is -2.44. The molecule has 3 aromatic rings. The van der Waals surface area contributed by atoms with E-state index in [9.17, 15) is 14.0 Å². The normalized spacial score (nSPS) is 20.0. The summed E-state index contributed by atoms with van der Waals surface area (Å²) in [7, 11) is 0. The number of piperidine rings is 1. The average molecular weight is 625 g/mol. The summed E-state index contributed by atoms with van der Waals surface area (Å²) in [4.78, 5) is 41.2. The zero-order chi connectivity index (χ0) is 32.0. The molecule has 0 spiro atoms. The Labute approximate surface area is 263 Å². The summed E-state index contributed by atoms with van der Waals surface area (Å²) in [6.45, 7) is 10.7. The van der Waals surface area contributed by atoms with Crippen LogP contribution in [0.5, 0.6) is 0 Å². The van der Waals surface area contributed by atoms with E-state index in [2.05, 4.69) is 35.8 Å². The molecule has 2 fully saturated rings. The number of fused-ring (bicyclic) bond motifs is 1. The standard InChI is InChI=1S/C32H45FN8O4/c1-5-23(38-28-27-29(35-19-34-28)41(20-36-27)26-10-6-7-15-44-26)30(42)39-24-12-11-21(33)17-25(24)37-22-9-8-13-40(18-22)14-16-45-31(43)32(2,3)4/h11-12,17,19-20,22-23,26,37H,5-10,13-16,18H2,1-4H3,(H,39,42)(H,34,35,38)/t22-,23+,26?/m1/s1. The predicted molar refractivity (Wildman–Crippen MR) is 170 cm³/mol. The van der Waals surface area contributed by atoms with Gasteiger partial charge in [-0.1, -0.05) is 6.92 Å². The summed E-state index contributed by atoms with van der Waals surface area (Å²) in [6, 6.07) is 3.72. The summed E-state index contributed by atoms with van der Waals surface area (Å²) >= 11 is 0. The fourth-order valence-corrected chi connectivity index (χ4v) is 5.67. The van der Waals surface area contributed by atoms with E-state index in [0.717, 1.165) is 38.6 Å². The first kappa shape index (κ1) is 32.6. The number of imidazole rings is 1. The van der Waals surface area contributed by atoms with Crippen molar-refractivity contribution >= 4 is 40.2 Å². The van der Waals surface area contributed by atoms with Gasteiger partial charge in [0.1, 0.15) is 31.0 Å². The lowest BCUT2D eigenvalue weighted by atomic mass is 9.97. The van der Waals surface area contributed by atoms with Crippen molar-refractivity contribution in [2.24, 2.45) is 5.41 Å². The number of nitrogens with one attached hydrogen (secondary N) is 3. The first-order chi connectivity index (χ1) is 21.6. The van der Waals surface area contributed by atoms with Gasteiger partial charge in [-0.05, 0) is 84.0 Å². The minimum atomic E-state index is -0.627. The summed E-state index contributed by atoms with van der Waals surface area (Å²) in [5, 5.41) is 9.67. The third kappa shape index (κ3) is 8.26. The van der Waals surface area contributed by atoms with Crippen LogP contribution in [-0.4, -0.2) is 81.2 Å². The Morgan fingerprint density at radius 1 is 1.13 bits per heavy atom. The molecule has 2 aliphatic heterocycles. The number of benzene rings is 1. The van der Waals surface area contributed by atoms with E-state index in [1.54, 1.807) is 12.4 Å². The number of esters is 1. The maximum absolute atomic E-state index is 14.4. The van der Waals surface area contributed by atoms with Crippen LogP contribution in [0.15, 0.2) is 30.9 Å². The number of ether oxygens (including phenoxy) is 2. The number of carbonyl (C=O) groups excluding carboxylic acids is 2. The van der Waals surface area contributed by atoms with Crippen LogP contribution < -0.4 is 16.0 Å². The van der Waals surface area contributed by atoms with Gasteiger partial charge >= 0.3 is 5.97 Å². The molecule has 3 atom stereocenters. The van der Waals surface area contributed by atoms with Crippen molar-refractivity contribution < 1.29 is 23.5 Å². The van der Waals surface area contributed by atoms with Crippen LogP contribution in [0, 0.1) is 11.2 Å². The van der Waals surface area contributed by atoms with Gasteiger partial charge in [-0.3, -0.25) is 19.1 Å². The lowest BCUT2D eigenvalue weighted by molar-refractivity contribution is -0.153. The summed E-state index contributed by atoms with van der Waals surface area (Å²) < 4.78 is 27.7. The number of aromatic nitrogens is 4. The summed E-state index contributed by atoms with van der Waals surface area (Å²) in [6.07, 6.45) is 8.37. The van der Waals surface area contributed by atoms with E-state index in [-0.39, 0.29) is 24.1 Å². The molecule has 1 aromatic carbocycles. The molecule has 2 aliphatic rings. The number of nitrogens with zero attached hydrogens (tertiary/aromatic N) is 5. The van der Waals surface area contributed by atoms with E-state index in [0.29, 0.717) is 61.1 Å². The number of anilines is 3. The van der Waals surface area contributed by atoms with Crippen molar-refractivity contribution in [2.75, 3.05) is 48.8 Å². The fourth-order valence-electron chi connectivity index (χ4n) is 5.67. The van der Waals surface area contributed by atoms with Crippen molar-refractivity contribution in [3.8, 4) is 0 Å². The molecular formula is C32H45FN8O4. The largest absolute Gasteiger partial charge is 0.464 e. The number of rotatable bonds is 11. The summed E-state index contributed by atoms with van der Waals surface area (Å²) in [5.74, 6) is -0.435. The van der Waals surface area contributed by atoms with Gasteiger partial charge in [-0.15, -0.1) is 0 Å². The van der Waals surface area contributed by atoms with Crippen LogP contribution in [0.2, 0.25) is 0 Å². The minimum absolute atomic E-state index is 0.0344. The molecular weight excluding hydrogens is 579 g/mol.